The van der Waals surface area contributed by atoms with Crippen LogP contribution in [0.2, 0.25) is 0 Å². The second kappa shape index (κ2) is 3.65. The minimum atomic E-state index is -0.725. The molecule has 1 aliphatic heterocycles. The molecule has 1 heterocycles. The fourth-order valence-corrected chi connectivity index (χ4v) is 0.746. The largest absolute Gasteiger partial charge is 0.350 e. The predicted molar refractivity (Wildman–Crippen MR) is 32.3 cm³/mol. The van der Waals surface area contributed by atoms with Crippen molar-refractivity contribution in [2.45, 2.75) is 19.5 Å². The summed E-state index contributed by atoms with van der Waals surface area (Å²) in [6.45, 7) is 2.77. The van der Waals surface area contributed by atoms with Gasteiger partial charge in [-0.2, -0.15) is 0 Å². The first kappa shape index (κ1) is 7.65. The molecule has 1 aliphatic rings. The van der Waals surface area contributed by atoms with Gasteiger partial charge in [-0.3, -0.25) is 4.79 Å². The average Bonchev–Trinajstić information content (AvgIpc) is 2.37. The van der Waals surface area contributed by atoms with E-state index < -0.39 is 6.29 Å². The molecule has 1 saturated heterocycles. The zero-order chi connectivity index (χ0) is 7.40. The van der Waals surface area contributed by atoms with E-state index in [-0.39, 0.29) is 6.29 Å². The van der Waals surface area contributed by atoms with E-state index in [1.807, 2.05) is 6.92 Å². The lowest BCUT2D eigenvalue weighted by atomic mass is 10.7. The second-order valence-corrected chi connectivity index (χ2v) is 1.86. The van der Waals surface area contributed by atoms with Crippen molar-refractivity contribution in [3.05, 3.63) is 0 Å². The Morgan fingerprint density at radius 1 is 1.80 bits per heavy atom. The van der Waals surface area contributed by atoms with Crippen molar-refractivity contribution >= 4 is 6.29 Å². The zero-order valence-electron chi connectivity index (χ0n) is 5.78. The third-order valence-electron chi connectivity index (χ3n) is 1.15. The SMILES string of the molecule is CCOC1COC(C=O)O1. The number of carbonyl (C=O) groups is 1. The molecule has 0 spiro atoms. The van der Waals surface area contributed by atoms with Gasteiger partial charge in [0.05, 0.1) is 0 Å². The van der Waals surface area contributed by atoms with Gasteiger partial charge in [0.15, 0.2) is 12.6 Å². The molecule has 10 heavy (non-hydrogen) atoms. The molecule has 1 rings (SSSR count). The summed E-state index contributed by atoms with van der Waals surface area (Å²) in [5, 5.41) is 0. The van der Waals surface area contributed by atoms with Crippen LogP contribution < -0.4 is 0 Å². The van der Waals surface area contributed by atoms with Crippen LogP contribution in [0.15, 0.2) is 0 Å². The van der Waals surface area contributed by atoms with Gasteiger partial charge in [-0.25, -0.2) is 0 Å². The Balaban J connectivity index is 2.21. The molecule has 0 aromatic carbocycles. The van der Waals surface area contributed by atoms with Crippen molar-refractivity contribution in [1.82, 2.24) is 0 Å². The number of rotatable bonds is 3. The van der Waals surface area contributed by atoms with Crippen molar-refractivity contribution in [2.24, 2.45) is 0 Å². The van der Waals surface area contributed by atoms with Gasteiger partial charge in [0.25, 0.3) is 0 Å². The maximum atomic E-state index is 10.1. The molecule has 0 amide bonds. The van der Waals surface area contributed by atoms with Crippen LogP contribution in [0.3, 0.4) is 0 Å². The number of aldehydes is 1. The highest BCUT2D eigenvalue weighted by Gasteiger charge is 2.25. The molecule has 0 aromatic rings. The Morgan fingerprint density at radius 3 is 3.10 bits per heavy atom. The third-order valence-corrected chi connectivity index (χ3v) is 1.15. The summed E-state index contributed by atoms with van der Waals surface area (Å²) in [7, 11) is 0. The molecule has 58 valence electrons. The fourth-order valence-electron chi connectivity index (χ4n) is 0.746. The van der Waals surface area contributed by atoms with Gasteiger partial charge in [0.1, 0.15) is 6.61 Å². The lowest BCUT2D eigenvalue weighted by Crippen LogP contribution is -2.16. The Labute approximate surface area is 59.1 Å². The van der Waals surface area contributed by atoms with Crippen molar-refractivity contribution in [3.8, 4) is 0 Å². The Hall–Kier alpha value is -0.450. The maximum absolute atomic E-state index is 10.1. The van der Waals surface area contributed by atoms with Crippen LogP contribution in [-0.4, -0.2) is 32.1 Å². The van der Waals surface area contributed by atoms with Crippen LogP contribution in [0.4, 0.5) is 0 Å². The normalized spacial score (nSPS) is 32.5. The van der Waals surface area contributed by atoms with Crippen molar-refractivity contribution < 1.29 is 19.0 Å². The Bertz CT molecular complexity index is 114. The monoisotopic (exact) mass is 146 g/mol. The maximum Gasteiger partial charge on any atom is 0.217 e. The van der Waals surface area contributed by atoms with Gasteiger partial charge in [-0.05, 0) is 6.92 Å². The molecule has 0 N–H and O–H groups in total. The number of hydrogen-bond donors (Lipinski definition) is 0. The molecule has 1 fully saturated rings. The summed E-state index contributed by atoms with van der Waals surface area (Å²) in [4.78, 5) is 10.1. The van der Waals surface area contributed by atoms with Crippen LogP contribution in [0.25, 0.3) is 0 Å². The lowest BCUT2D eigenvalue weighted by molar-refractivity contribution is -0.153. The zero-order valence-corrected chi connectivity index (χ0v) is 5.78. The summed E-state index contributed by atoms with van der Waals surface area (Å²) in [5.74, 6) is 0. The van der Waals surface area contributed by atoms with Crippen LogP contribution in [0, 0.1) is 0 Å². The Morgan fingerprint density at radius 2 is 2.60 bits per heavy atom. The first-order chi connectivity index (χ1) is 4.86. The fraction of sp³-hybridized carbons (Fsp3) is 0.833. The first-order valence-electron chi connectivity index (χ1n) is 3.20. The van der Waals surface area contributed by atoms with E-state index in [0.717, 1.165) is 0 Å². The Kier molecular flexibility index (Phi) is 2.80. The third kappa shape index (κ3) is 1.76. The standard InChI is InChI=1S/C6H10O4/c1-2-8-6-4-9-5(3-7)10-6/h3,5-6H,2,4H2,1H3. The minimum absolute atomic E-state index is 0.344. The highest BCUT2D eigenvalue weighted by molar-refractivity contribution is 5.54. The molecule has 2 atom stereocenters. The molecular weight excluding hydrogens is 136 g/mol. The average molecular weight is 146 g/mol. The van der Waals surface area contributed by atoms with E-state index in [0.29, 0.717) is 19.5 Å². The molecule has 0 aromatic heterocycles. The van der Waals surface area contributed by atoms with Gasteiger partial charge in [0.2, 0.25) is 6.29 Å². The van der Waals surface area contributed by atoms with Crippen LogP contribution >= 0.6 is 0 Å². The van der Waals surface area contributed by atoms with Gasteiger partial charge < -0.3 is 14.2 Å². The van der Waals surface area contributed by atoms with E-state index in [4.69, 9.17) is 14.2 Å². The first-order valence-corrected chi connectivity index (χ1v) is 3.20. The molecular formula is C6H10O4. The number of carbonyl (C=O) groups excluding carboxylic acids is 1. The molecule has 2 unspecified atom stereocenters. The number of hydrogen-bond acceptors (Lipinski definition) is 4. The van der Waals surface area contributed by atoms with Gasteiger partial charge in [-0.1, -0.05) is 0 Å². The van der Waals surface area contributed by atoms with E-state index >= 15 is 0 Å². The smallest absolute Gasteiger partial charge is 0.217 e. The van der Waals surface area contributed by atoms with E-state index in [9.17, 15) is 4.79 Å². The molecule has 0 saturated carbocycles. The van der Waals surface area contributed by atoms with Crippen molar-refractivity contribution in [1.29, 1.82) is 0 Å². The lowest BCUT2D eigenvalue weighted by Gasteiger charge is -2.05. The van der Waals surface area contributed by atoms with E-state index in [2.05, 4.69) is 0 Å². The van der Waals surface area contributed by atoms with E-state index in [1.54, 1.807) is 0 Å². The molecule has 0 aliphatic carbocycles. The predicted octanol–water partition coefficient (Wildman–Crippen LogP) is -0.0792. The highest BCUT2D eigenvalue weighted by Crippen LogP contribution is 2.09. The minimum Gasteiger partial charge on any atom is -0.350 e. The molecule has 0 radical (unpaired) electrons. The topological polar surface area (TPSA) is 44.8 Å². The summed E-state index contributed by atoms with van der Waals surface area (Å²) in [5.41, 5.74) is 0. The molecule has 0 bridgehead atoms. The van der Waals surface area contributed by atoms with Gasteiger partial charge in [0, 0.05) is 6.61 Å². The second-order valence-electron chi connectivity index (χ2n) is 1.86. The van der Waals surface area contributed by atoms with Crippen LogP contribution in [0.1, 0.15) is 6.92 Å². The molecule has 4 heteroatoms. The summed E-state index contributed by atoms with van der Waals surface area (Å²) in [6, 6.07) is 0. The number of ether oxygens (including phenoxy) is 3. The van der Waals surface area contributed by atoms with Crippen LogP contribution in [0.5, 0.6) is 0 Å². The quantitative estimate of drug-likeness (QED) is 0.522. The molecule has 4 nitrogen and oxygen atoms in total. The van der Waals surface area contributed by atoms with Crippen molar-refractivity contribution in [3.63, 3.8) is 0 Å². The van der Waals surface area contributed by atoms with E-state index in [1.165, 1.54) is 0 Å². The summed E-state index contributed by atoms with van der Waals surface area (Å²) >= 11 is 0. The van der Waals surface area contributed by atoms with Crippen molar-refractivity contribution in [2.75, 3.05) is 13.2 Å². The van der Waals surface area contributed by atoms with Gasteiger partial charge in [-0.15, -0.1) is 0 Å². The summed E-state index contributed by atoms with van der Waals surface area (Å²) < 4.78 is 14.8. The van der Waals surface area contributed by atoms with Gasteiger partial charge >= 0.3 is 0 Å². The van der Waals surface area contributed by atoms with Crippen LogP contribution in [-0.2, 0) is 19.0 Å². The summed E-state index contributed by atoms with van der Waals surface area (Å²) in [6.07, 6.45) is -0.476. The highest BCUT2D eigenvalue weighted by atomic mass is 16.8.